The number of carbonyl (C=O) groups is 1. The average molecular weight is 785 g/mol. The molecule has 6 aromatic heterocycles. The molecule has 5 aliphatic heterocycles. The van der Waals surface area contributed by atoms with Gasteiger partial charge in [-0.25, -0.2) is 28.4 Å². The Balaban J connectivity index is 1.05. The second-order valence-corrected chi connectivity index (χ2v) is 15.5. The van der Waals surface area contributed by atoms with E-state index in [1.807, 2.05) is 42.3 Å². The Hall–Kier alpha value is -6.56. The Kier molecular flexibility index (Phi) is 7.76. The Bertz CT molecular complexity index is 2780. The van der Waals surface area contributed by atoms with Gasteiger partial charge in [-0.05, 0) is 50.1 Å². The molecular formula is C40H38F2N14O2. The molecule has 2 saturated heterocycles. The number of aromatic nitrogens is 10. The van der Waals surface area contributed by atoms with Crippen molar-refractivity contribution in [3.63, 3.8) is 0 Å². The van der Waals surface area contributed by atoms with E-state index in [2.05, 4.69) is 29.4 Å². The number of amides is 1. The SMILES string of the molecule is CO[C@H]1CN(C)C(=O)[C@@H]2C[C@@H](CN2c2nc(N3[C@@H]4C[C@H]3c3nccn3C4)nc3c2cnn3-c2ccc(F)cc2F)Nc2cccc(n2)-c2nccc3nc(C)n(c23)C1. The minimum absolute atomic E-state index is 0.0409. The van der Waals surface area contributed by atoms with Crippen molar-refractivity contribution in [3.05, 3.63) is 90.5 Å². The molecule has 0 aliphatic carbocycles. The van der Waals surface area contributed by atoms with E-state index >= 15 is 4.39 Å². The first-order valence-electron chi connectivity index (χ1n) is 19.3. The van der Waals surface area contributed by atoms with Crippen molar-refractivity contribution in [1.29, 1.82) is 0 Å². The quantitative estimate of drug-likeness (QED) is 0.271. The summed E-state index contributed by atoms with van der Waals surface area (Å²) in [5, 5.41) is 8.73. The number of carbonyl (C=O) groups excluding carboxylic acids is 1. The van der Waals surface area contributed by atoms with Crippen molar-refractivity contribution in [2.24, 2.45) is 0 Å². The molecule has 0 unspecified atom stereocenters. The Morgan fingerprint density at radius 3 is 2.69 bits per heavy atom. The summed E-state index contributed by atoms with van der Waals surface area (Å²) in [6.45, 7) is 3.77. The molecule has 1 N–H and O–H groups in total. The van der Waals surface area contributed by atoms with Gasteiger partial charge in [0.2, 0.25) is 11.9 Å². The Morgan fingerprint density at radius 1 is 0.931 bits per heavy atom. The zero-order valence-electron chi connectivity index (χ0n) is 31.9. The van der Waals surface area contributed by atoms with Crippen LogP contribution in [-0.2, 0) is 22.6 Å². The molecule has 5 atom stereocenters. The van der Waals surface area contributed by atoms with Gasteiger partial charge >= 0.3 is 0 Å². The summed E-state index contributed by atoms with van der Waals surface area (Å²) >= 11 is 0. The lowest BCUT2D eigenvalue weighted by Crippen LogP contribution is -2.57. The average Bonchev–Trinajstić information content (AvgIpc) is 4.02. The smallest absolute Gasteiger partial charge is 0.245 e. The van der Waals surface area contributed by atoms with Crippen molar-refractivity contribution < 1.29 is 18.3 Å². The van der Waals surface area contributed by atoms with Gasteiger partial charge in [0.05, 0.1) is 53.0 Å². The molecule has 5 aliphatic rings. The van der Waals surface area contributed by atoms with Gasteiger partial charge in [-0.2, -0.15) is 15.1 Å². The van der Waals surface area contributed by atoms with E-state index in [1.54, 1.807) is 37.6 Å². The van der Waals surface area contributed by atoms with E-state index in [4.69, 9.17) is 29.7 Å². The number of hydrogen-bond acceptors (Lipinski definition) is 12. The molecule has 0 radical (unpaired) electrons. The first-order chi connectivity index (χ1) is 28.2. The summed E-state index contributed by atoms with van der Waals surface area (Å²) in [4.78, 5) is 50.3. The van der Waals surface area contributed by atoms with Gasteiger partial charge in [0.1, 0.15) is 46.5 Å². The van der Waals surface area contributed by atoms with Crippen LogP contribution in [0.3, 0.4) is 0 Å². The molecule has 12 rings (SSSR count). The van der Waals surface area contributed by atoms with E-state index in [-0.39, 0.29) is 35.8 Å². The van der Waals surface area contributed by atoms with Crippen LogP contribution in [0.5, 0.6) is 0 Å². The van der Waals surface area contributed by atoms with Crippen LogP contribution in [0.4, 0.5) is 26.4 Å². The summed E-state index contributed by atoms with van der Waals surface area (Å²) < 4.78 is 41.2. The number of anilines is 3. The highest BCUT2D eigenvalue weighted by Crippen LogP contribution is 2.46. The van der Waals surface area contributed by atoms with Crippen LogP contribution in [-0.4, -0.2) is 111 Å². The van der Waals surface area contributed by atoms with Crippen LogP contribution in [0, 0.1) is 18.6 Å². The lowest BCUT2D eigenvalue weighted by atomic mass is 9.89. The van der Waals surface area contributed by atoms with Crippen LogP contribution >= 0.6 is 0 Å². The Morgan fingerprint density at radius 2 is 1.83 bits per heavy atom. The van der Waals surface area contributed by atoms with Crippen molar-refractivity contribution in [2.45, 2.75) is 63.1 Å². The van der Waals surface area contributed by atoms with Gasteiger partial charge in [0.25, 0.3) is 0 Å². The number of pyridine rings is 2. The second-order valence-electron chi connectivity index (χ2n) is 15.5. The van der Waals surface area contributed by atoms with Crippen LogP contribution in [0.1, 0.15) is 30.5 Å². The molecule has 6 bridgehead atoms. The number of ether oxygens (including phenoxy) is 1. The minimum Gasteiger partial charge on any atom is -0.378 e. The molecule has 1 amide bonds. The van der Waals surface area contributed by atoms with E-state index in [0.29, 0.717) is 72.6 Å². The number of imidazole rings is 2. The molecule has 294 valence electrons. The fourth-order valence-electron chi connectivity index (χ4n) is 9.27. The monoisotopic (exact) mass is 784 g/mol. The third kappa shape index (κ3) is 5.34. The van der Waals surface area contributed by atoms with Crippen molar-refractivity contribution >= 4 is 45.6 Å². The standard InChI is InChI=1S/C40H38F2N14O2/c1-21-46-29-9-10-43-34-28-5-4-6-33(48-28)47-23-14-32(39(57)51(2)19-25(58-3)20-53(21)35(29)34)54(17-23)36-26-16-45-56(30-8-7-22(41)13-27(30)42)37(26)50-40(49-36)55-24-15-31(55)38-44-11-12-52(38)18-24/h4-13,16,23-25,31-32H,14-15,17-20H2,1-3H3,(H,47,48)/t23-,24+,25-,31-,32-/m0/s1. The van der Waals surface area contributed by atoms with Crippen molar-refractivity contribution in [2.75, 3.05) is 42.4 Å². The summed E-state index contributed by atoms with van der Waals surface area (Å²) in [7, 11) is 3.44. The van der Waals surface area contributed by atoms with Gasteiger partial charge in [-0.1, -0.05) is 6.07 Å². The van der Waals surface area contributed by atoms with Gasteiger partial charge < -0.3 is 33.9 Å². The van der Waals surface area contributed by atoms with Gasteiger partial charge in [0.15, 0.2) is 11.5 Å². The number of aryl methyl sites for hydroxylation is 1. The van der Waals surface area contributed by atoms with E-state index in [9.17, 15) is 9.18 Å². The maximum absolute atomic E-state index is 15.4. The lowest BCUT2D eigenvalue weighted by Gasteiger charge is -2.52. The Labute approximate surface area is 330 Å². The third-order valence-electron chi connectivity index (χ3n) is 12.1. The van der Waals surface area contributed by atoms with E-state index < -0.39 is 17.7 Å². The van der Waals surface area contributed by atoms with E-state index in [0.717, 1.165) is 35.2 Å². The maximum atomic E-state index is 15.4. The highest BCUT2D eigenvalue weighted by Gasteiger charge is 2.48. The predicted octanol–water partition coefficient (Wildman–Crippen LogP) is 4.29. The molecule has 18 heteroatoms. The summed E-state index contributed by atoms with van der Waals surface area (Å²) in [5.74, 6) is 1.65. The number of nitrogens with zero attached hydrogens (tertiary/aromatic N) is 13. The second kappa shape index (κ2) is 13.0. The number of methoxy groups -OCH3 is 1. The van der Waals surface area contributed by atoms with Crippen LogP contribution < -0.4 is 15.1 Å². The zero-order valence-corrected chi connectivity index (χ0v) is 31.9. The number of benzene rings is 1. The number of hydrogen-bond donors (Lipinski definition) is 1. The van der Waals surface area contributed by atoms with Gasteiger partial charge in [-0.3, -0.25) is 9.78 Å². The van der Waals surface area contributed by atoms with Gasteiger partial charge in [-0.15, -0.1) is 0 Å². The largest absolute Gasteiger partial charge is 0.378 e. The number of rotatable bonds is 4. The first kappa shape index (κ1) is 34.7. The fourth-order valence-corrected chi connectivity index (χ4v) is 9.27. The maximum Gasteiger partial charge on any atom is 0.245 e. The van der Waals surface area contributed by atoms with Crippen molar-refractivity contribution in [3.8, 4) is 17.1 Å². The van der Waals surface area contributed by atoms with Crippen molar-refractivity contribution in [1.82, 2.24) is 53.7 Å². The molecule has 0 spiro atoms. The number of nitrogens with one attached hydrogen (secondary N) is 1. The fraction of sp³-hybridized carbons (Fsp3) is 0.350. The molecular weight excluding hydrogens is 747 g/mol. The number of fused-ring (bicyclic) bond motifs is 6. The van der Waals surface area contributed by atoms with Gasteiger partial charge in [0, 0.05) is 64.5 Å². The third-order valence-corrected chi connectivity index (χ3v) is 12.1. The molecule has 2 fully saturated rings. The first-order valence-corrected chi connectivity index (χ1v) is 19.3. The molecule has 58 heavy (non-hydrogen) atoms. The minimum atomic E-state index is -0.783. The molecule has 7 aromatic rings. The normalized spacial score (nSPS) is 22.8. The van der Waals surface area contributed by atoms with E-state index in [1.165, 1.54) is 16.8 Å². The zero-order chi connectivity index (χ0) is 39.4. The highest BCUT2D eigenvalue weighted by molar-refractivity contribution is 5.94. The number of halogens is 2. The summed E-state index contributed by atoms with van der Waals surface area (Å²) in [6, 6.07) is 10.2. The molecule has 0 saturated carbocycles. The lowest BCUT2D eigenvalue weighted by molar-refractivity contribution is -0.132. The molecule has 16 nitrogen and oxygen atoms in total. The summed E-state index contributed by atoms with van der Waals surface area (Å²) in [5.41, 5.74) is 3.41. The highest BCUT2D eigenvalue weighted by atomic mass is 19.1. The molecule has 1 aromatic carbocycles. The molecule has 11 heterocycles. The topological polar surface area (TPSA) is 153 Å². The predicted molar refractivity (Wildman–Crippen MR) is 210 cm³/mol. The van der Waals surface area contributed by atoms with Crippen LogP contribution in [0.15, 0.2) is 67.3 Å². The van der Waals surface area contributed by atoms with Crippen LogP contribution in [0.25, 0.3) is 39.1 Å². The number of likely N-dealkylation sites (N-methyl/N-ethyl adjacent to an activating group) is 1. The van der Waals surface area contributed by atoms with Crippen LogP contribution in [0.2, 0.25) is 0 Å². The summed E-state index contributed by atoms with van der Waals surface area (Å²) in [6.07, 6.45) is 8.04.